The summed E-state index contributed by atoms with van der Waals surface area (Å²) in [6.07, 6.45) is 1.51. The lowest BCUT2D eigenvalue weighted by atomic mass is 9.94. The van der Waals surface area contributed by atoms with Crippen molar-refractivity contribution < 1.29 is 14.4 Å². The van der Waals surface area contributed by atoms with Gasteiger partial charge < -0.3 is 26.6 Å². The fourth-order valence-corrected chi connectivity index (χ4v) is 5.02. The van der Waals surface area contributed by atoms with Gasteiger partial charge in [0.1, 0.15) is 0 Å². The predicted molar refractivity (Wildman–Crippen MR) is 138 cm³/mol. The zero-order chi connectivity index (χ0) is 25.4. The molecule has 0 radical (unpaired) electrons. The second-order valence-electron chi connectivity index (χ2n) is 9.06. The predicted octanol–water partition coefficient (Wildman–Crippen LogP) is 3.52. The number of piperidine rings is 1. The number of nitrogens with one attached hydrogen (secondary N) is 1. The van der Waals surface area contributed by atoms with E-state index in [1.165, 1.54) is 4.90 Å². The molecular weight excluding hydrogens is 489 g/mol. The Labute approximate surface area is 213 Å². The molecule has 3 amide bonds. The van der Waals surface area contributed by atoms with Crippen molar-refractivity contribution in [3.05, 3.63) is 57.6 Å². The number of primary amides is 1. The van der Waals surface area contributed by atoms with Crippen LogP contribution < -0.4 is 16.8 Å². The third-order valence-electron chi connectivity index (χ3n) is 6.63. The molecule has 1 fully saturated rings. The maximum atomic E-state index is 13.5. The second-order valence-corrected chi connectivity index (χ2v) is 9.88. The van der Waals surface area contributed by atoms with Gasteiger partial charge in [0.15, 0.2) is 0 Å². The molecule has 0 aromatic heterocycles. The highest BCUT2D eigenvalue weighted by molar-refractivity contribution is 6.39. The number of amides is 3. The molecule has 2 aromatic carbocycles. The highest BCUT2D eigenvalue weighted by atomic mass is 35.5. The summed E-state index contributed by atoms with van der Waals surface area (Å²) in [5.74, 6) is -1.24. The maximum absolute atomic E-state index is 13.5. The zero-order valence-electron chi connectivity index (χ0n) is 19.4. The smallest absolute Gasteiger partial charge is 0.256 e. The third kappa shape index (κ3) is 5.00. The van der Waals surface area contributed by atoms with Crippen LogP contribution in [0.25, 0.3) is 11.1 Å². The molecule has 0 bridgehead atoms. The molecule has 0 saturated carbocycles. The summed E-state index contributed by atoms with van der Waals surface area (Å²) in [5, 5.41) is 3.56. The molecule has 10 heteroatoms. The summed E-state index contributed by atoms with van der Waals surface area (Å²) in [6, 6.07) is 6.90. The molecule has 8 nitrogen and oxygen atoms in total. The number of carbonyl (C=O) groups is 3. The minimum absolute atomic E-state index is 0.0200. The number of likely N-dealkylation sites (tertiary alicyclic amines) is 1. The van der Waals surface area contributed by atoms with Gasteiger partial charge in [-0.1, -0.05) is 35.8 Å². The standard InChI is InChI=1S/C25H27Cl2N5O3/c1-13(23(29)33)11-32-12-17-16(15-9-18(26)22(28)19(27)10-15)3-4-20(21(17)25(32)35)30-24(34)14-5-7-31(2)8-6-14/h3-4,9-10,14H,1,5-8,11-12,28H2,2H3,(H2,29,33)(H,30,34). The van der Waals surface area contributed by atoms with Gasteiger partial charge in [0.25, 0.3) is 5.91 Å². The normalized spacial score (nSPS) is 16.3. The van der Waals surface area contributed by atoms with Crippen molar-refractivity contribution in [2.45, 2.75) is 19.4 Å². The molecule has 5 N–H and O–H groups in total. The first-order chi connectivity index (χ1) is 16.6. The van der Waals surface area contributed by atoms with Crippen LogP contribution in [0, 0.1) is 5.92 Å². The van der Waals surface area contributed by atoms with Gasteiger partial charge in [-0.05, 0) is 67.9 Å². The lowest BCUT2D eigenvalue weighted by Crippen LogP contribution is -2.36. The summed E-state index contributed by atoms with van der Waals surface area (Å²) in [5.41, 5.74) is 14.5. The molecule has 2 aliphatic heterocycles. The van der Waals surface area contributed by atoms with Crippen molar-refractivity contribution in [1.82, 2.24) is 9.80 Å². The third-order valence-corrected chi connectivity index (χ3v) is 7.26. The maximum Gasteiger partial charge on any atom is 0.256 e. The van der Waals surface area contributed by atoms with Crippen molar-refractivity contribution in [3.63, 3.8) is 0 Å². The molecule has 35 heavy (non-hydrogen) atoms. The van der Waals surface area contributed by atoms with Gasteiger partial charge in [0.05, 0.1) is 33.5 Å². The zero-order valence-corrected chi connectivity index (χ0v) is 20.9. The molecule has 0 unspecified atom stereocenters. The van der Waals surface area contributed by atoms with E-state index in [4.69, 9.17) is 34.7 Å². The summed E-state index contributed by atoms with van der Waals surface area (Å²) in [7, 11) is 2.03. The summed E-state index contributed by atoms with van der Waals surface area (Å²) < 4.78 is 0. The number of nitrogens with two attached hydrogens (primary N) is 2. The fraction of sp³-hybridized carbons (Fsp3) is 0.320. The Kier molecular flexibility index (Phi) is 7.07. The Morgan fingerprint density at radius 2 is 1.80 bits per heavy atom. The van der Waals surface area contributed by atoms with Crippen molar-refractivity contribution in [1.29, 1.82) is 0 Å². The first-order valence-electron chi connectivity index (χ1n) is 11.2. The van der Waals surface area contributed by atoms with E-state index in [2.05, 4.69) is 16.8 Å². The van der Waals surface area contributed by atoms with Crippen LogP contribution in [0.3, 0.4) is 0 Å². The van der Waals surface area contributed by atoms with Crippen LogP contribution in [-0.2, 0) is 16.1 Å². The van der Waals surface area contributed by atoms with E-state index in [9.17, 15) is 14.4 Å². The van der Waals surface area contributed by atoms with E-state index < -0.39 is 5.91 Å². The van der Waals surface area contributed by atoms with Crippen molar-refractivity contribution in [2.24, 2.45) is 11.7 Å². The Morgan fingerprint density at radius 1 is 1.17 bits per heavy atom. The highest BCUT2D eigenvalue weighted by Crippen LogP contribution is 2.40. The van der Waals surface area contributed by atoms with Gasteiger partial charge in [0.2, 0.25) is 11.8 Å². The van der Waals surface area contributed by atoms with Crippen LogP contribution in [0.15, 0.2) is 36.4 Å². The number of nitrogen functional groups attached to an aromatic ring is 1. The number of halogens is 2. The Morgan fingerprint density at radius 3 is 2.40 bits per heavy atom. The van der Waals surface area contributed by atoms with Crippen molar-refractivity contribution in [2.75, 3.05) is 37.7 Å². The molecular formula is C25H27Cl2N5O3. The molecule has 0 spiro atoms. The SMILES string of the molecule is C=C(CN1Cc2c(-c3cc(Cl)c(N)c(Cl)c3)ccc(NC(=O)C3CCN(C)CC3)c2C1=O)C(N)=O. The van der Waals surface area contributed by atoms with Gasteiger partial charge in [0, 0.05) is 18.0 Å². The minimum atomic E-state index is -0.679. The van der Waals surface area contributed by atoms with Gasteiger partial charge in [-0.25, -0.2) is 0 Å². The first kappa shape index (κ1) is 25.0. The quantitative estimate of drug-likeness (QED) is 0.401. The molecule has 4 rings (SSSR count). The lowest BCUT2D eigenvalue weighted by molar-refractivity contribution is -0.121. The van der Waals surface area contributed by atoms with E-state index in [0.29, 0.717) is 32.4 Å². The lowest BCUT2D eigenvalue weighted by Gasteiger charge is -2.28. The average molecular weight is 516 g/mol. The van der Waals surface area contributed by atoms with Crippen molar-refractivity contribution >= 4 is 52.3 Å². The average Bonchev–Trinajstić information content (AvgIpc) is 3.14. The van der Waals surface area contributed by atoms with Crippen LogP contribution in [0.4, 0.5) is 11.4 Å². The van der Waals surface area contributed by atoms with Gasteiger partial charge in [-0.15, -0.1) is 0 Å². The number of fused-ring (bicyclic) bond motifs is 1. The number of carbonyl (C=O) groups excluding carboxylic acids is 3. The summed E-state index contributed by atoms with van der Waals surface area (Å²) in [4.78, 5) is 41.7. The number of rotatable bonds is 6. The van der Waals surface area contributed by atoms with Crippen LogP contribution in [0.5, 0.6) is 0 Å². The fourth-order valence-electron chi connectivity index (χ4n) is 4.53. The first-order valence-corrected chi connectivity index (χ1v) is 12.0. The molecule has 0 atom stereocenters. The molecule has 184 valence electrons. The second kappa shape index (κ2) is 9.89. The highest BCUT2D eigenvalue weighted by Gasteiger charge is 2.34. The van der Waals surface area contributed by atoms with Crippen LogP contribution >= 0.6 is 23.2 Å². The molecule has 2 heterocycles. The molecule has 2 aliphatic rings. The van der Waals surface area contributed by atoms with E-state index >= 15 is 0 Å². The van der Waals surface area contributed by atoms with E-state index in [-0.39, 0.29) is 42.1 Å². The minimum Gasteiger partial charge on any atom is -0.396 e. The molecule has 2 aromatic rings. The summed E-state index contributed by atoms with van der Waals surface area (Å²) >= 11 is 12.5. The number of nitrogens with zero attached hydrogens (tertiary/aromatic N) is 2. The Bertz CT molecular complexity index is 1210. The number of hydrogen-bond donors (Lipinski definition) is 3. The largest absolute Gasteiger partial charge is 0.396 e. The van der Waals surface area contributed by atoms with Gasteiger partial charge >= 0.3 is 0 Å². The number of benzene rings is 2. The Hall–Kier alpha value is -3.07. The molecule has 1 saturated heterocycles. The van der Waals surface area contributed by atoms with E-state index in [1.54, 1.807) is 18.2 Å². The number of anilines is 2. The topological polar surface area (TPSA) is 122 Å². The number of hydrogen-bond acceptors (Lipinski definition) is 5. The Balaban J connectivity index is 1.73. The monoisotopic (exact) mass is 515 g/mol. The van der Waals surface area contributed by atoms with Crippen LogP contribution in [0.2, 0.25) is 10.0 Å². The van der Waals surface area contributed by atoms with Crippen molar-refractivity contribution in [3.8, 4) is 11.1 Å². The van der Waals surface area contributed by atoms with E-state index in [1.807, 2.05) is 13.1 Å². The van der Waals surface area contributed by atoms with E-state index in [0.717, 1.165) is 31.5 Å². The van der Waals surface area contributed by atoms with Crippen LogP contribution in [0.1, 0.15) is 28.8 Å². The van der Waals surface area contributed by atoms with Gasteiger partial charge in [-0.2, -0.15) is 0 Å². The summed E-state index contributed by atoms with van der Waals surface area (Å²) in [6.45, 7) is 5.54. The molecule has 0 aliphatic carbocycles. The van der Waals surface area contributed by atoms with Gasteiger partial charge in [-0.3, -0.25) is 14.4 Å². The van der Waals surface area contributed by atoms with Crippen LogP contribution in [-0.4, -0.2) is 54.2 Å².